The minimum atomic E-state index is -4.69. The number of unbranched alkanes of at least 4 members (excludes halogenated alkanes) is 22. The molecule has 4 aromatic carbocycles. The van der Waals surface area contributed by atoms with Crippen LogP contribution in [-0.4, -0.2) is 68.8 Å². The molecule has 0 unspecified atom stereocenters. The van der Waals surface area contributed by atoms with Crippen LogP contribution in [0.25, 0.3) is 0 Å². The van der Waals surface area contributed by atoms with Gasteiger partial charge >= 0.3 is 37.7 Å². The largest absolute Gasteiger partial charge is 2.00 e. The van der Waals surface area contributed by atoms with E-state index in [-0.39, 0.29) is 77.1 Å². The van der Waals surface area contributed by atoms with Crippen molar-refractivity contribution in [2.45, 2.75) is 191 Å². The van der Waals surface area contributed by atoms with Crippen molar-refractivity contribution < 1.29 is 45.6 Å². The molecule has 0 aliphatic heterocycles. The Morgan fingerprint density at radius 2 is 0.785 bits per heavy atom. The first-order valence-electron chi connectivity index (χ1n) is 23.9. The normalized spacial score (nSPS) is 11.4. The first-order chi connectivity index (χ1) is 30.9. The van der Waals surface area contributed by atoms with Gasteiger partial charge in [-0.25, -0.2) is 8.42 Å². The summed E-state index contributed by atoms with van der Waals surface area (Å²) < 4.78 is 77.9. The Morgan fingerprint density at radius 3 is 1.23 bits per heavy atom. The molecule has 65 heavy (non-hydrogen) atoms. The van der Waals surface area contributed by atoms with E-state index in [0.29, 0.717) is 12.0 Å². The number of phenolic OH excluding ortho intramolecular Hbond substituents is 1. The summed E-state index contributed by atoms with van der Waals surface area (Å²) in [6, 6.07) is 21.6. The number of benzene rings is 4. The summed E-state index contributed by atoms with van der Waals surface area (Å²) in [5.41, 5.74) is 1.43. The molecule has 0 aromatic heterocycles. The van der Waals surface area contributed by atoms with E-state index in [4.69, 9.17) is 9.47 Å². The third-order valence-electron chi connectivity index (χ3n) is 11.4. The zero-order valence-electron chi connectivity index (χ0n) is 39.2. The number of aryl methyl sites for hydroxylation is 2. The van der Waals surface area contributed by atoms with Crippen LogP contribution in [0.1, 0.15) is 179 Å². The summed E-state index contributed by atoms with van der Waals surface area (Å²) in [5, 5.41) is 23.3. The van der Waals surface area contributed by atoms with E-state index in [1.807, 2.05) is 6.07 Å². The van der Waals surface area contributed by atoms with Crippen molar-refractivity contribution in [2.24, 2.45) is 0 Å². The average molecular weight is 963 g/mol. The Labute approximate surface area is 421 Å². The van der Waals surface area contributed by atoms with Crippen LogP contribution in [0.5, 0.6) is 34.5 Å². The summed E-state index contributed by atoms with van der Waals surface area (Å²) in [7, 11) is -9.11. The maximum Gasteiger partial charge on any atom is 2.00 e. The van der Waals surface area contributed by atoms with E-state index in [2.05, 4.69) is 13.8 Å². The van der Waals surface area contributed by atoms with E-state index in [0.717, 1.165) is 37.7 Å². The molecule has 0 heterocycles. The third kappa shape index (κ3) is 23.6. The fraction of sp³-hybridized carbons (Fsp3) is 0.538. The maximum absolute atomic E-state index is 12.7. The molecule has 0 amide bonds. The van der Waals surface area contributed by atoms with Crippen LogP contribution in [0.15, 0.2) is 94.7 Å². The second-order valence-electron chi connectivity index (χ2n) is 16.8. The number of rotatable bonds is 32. The third-order valence-corrected chi connectivity index (χ3v) is 13.2. The van der Waals surface area contributed by atoms with Gasteiger partial charge in [0.05, 0.1) is 4.90 Å². The Morgan fingerprint density at radius 1 is 0.446 bits per heavy atom. The second-order valence-corrected chi connectivity index (χ2v) is 19.6. The molecular weight excluding hydrogens is 889 g/mol. The molecule has 0 atom stereocenters. The van der Waals surface area contributed by atoms with E-state index < -0.39 is 25.1 Å². The molecule has 2 N–H and O–H groups in total. The first-order valence-corrected chi connectivity index (χ1v) is 26.8. The van der Waals surface area contributed by atoms with Gasteiger partial charge in [-0.05, 0) is 67.6 Å². The molecule has 0 spiro atoms. The van der Waals surface area contributed by atoms with Gasteiger partial charge in [-0.3, -0.25) is 4.55 Å². The van der Waals surface area contributed by atoms with Gasteiger partial charge in [-0.15, -0.1) is 0 Å². The van der Waals surface area contributed by atoms with Gasteiger partial charge in [0.25, 0.3) is 10.1 Å². The Kier molecular flexibility index (Phi) is 30.1. The SMILES string of the molecule is CCCCCCCCCCCCCCc1cccc(Oc2ccccc2S(=O)(=O)O)c1O.CCCCCCCCCCCCCCc1cccc(Oc2ccccc2S(=O)(=O)[O-])c1[O-].[Ca+2]. The van der Waals surface area contributed by atoms with Crippen molar-refractivity contribution in [3.8, 4) is 34.5 Å². The molecule has 0 fully saturated rings. The predicted molar refractivity (Wildman–Crippen MR) is 260 cm³/mol. The molecule has 0 bridgehead atoms. The Hall–Kier alpha value is -2.84. The van der Waals surface area contributed by atoms with Crippen LogP contribution < -0.4 is 14.6 Å². The molecule has 0 aliphatic carbocycles. The Bertz CT molecular complexity index is 1970. The second kappa shape index (κ2) is 33.6. The van der Waals surface area contributed by atoms with Crippen LogP contribution in [0.2, 0.25) is 0 Å². The van der Waals surface area contributed by atoms with Gasteiger partial charge in [-0.1, -0.05) is 215 Å². The fourth-order valence-corrected chi connectivity index (χ4v) is 8.94. The molecule has 0 radical (unpaired) electrons. The fourth-order valence-electron chi connectivity index (χ4n) is 7.73. The standard InChI is InChI=1S/2C26H38O5S.Ca/c2*1-2-3-4-5-6-7-8-9-10-11-12-13-17-22-18-16-20-24(26(22)27)31-23-19-14-15-21-25(23)32(28,29)30;/h2*14-16,18-21,27H,2-13,17H2,1H3,(H,28,29,30);/q;;+2/p-2. The van der Waals surface area contributed by atoms with Gasteiger partial charge < -0.3 is 24.2 Å². The van der Waals surface area contributed by atoms with Crippen LogP contribution in [0, 0.1) is 0 Å². The number of para-hydroxylation sites is 4. The van der Waals surface area contributed by atoms with Gasteiger partial charge in [-0.2, -0.15) is 8.42 Å². The first kappa shape index (κ1) is 58.3. The monoisotopic (exact) mass is 962 g/mol. The number of aromatic hydroxyl groups is 1. The van der Waals surface area contributed by atoms with E-state index in [1.54, 1.807) is 36.4 Å². The summed E-state index contributed by atoms with van der Waals surface area (Å²) in [6.45, 7) is 4.49. The van der Waals surface area contributed by atoms with E-state index in [1.165, 1.54) is 171 Å². The quantitative estimate of drug-likeness (QED) is 0.0272. The summed E-state index contributed by atoms with van der Waals surface area (Å²) in [6.07, 6.45) is 31.8. The predicted octanol–water partition coefficient (Wildman–Crippen LogP) is 14.0. The molecule has 13 heteroatoms. The summed E-state index contributed by atoms with van der Waals surface area (Å²) in [5.74, 6) is -0.167. The summed E-state index contributed by atoms with van der Waals surface area (Å²) >= 11 is 0. The van der Waals surface area contributed by atoms with Crippen LogP contribution in [0.4, 0.5) is 0 Å². The van der Waals surface area contributed by atoms with Crippen molar-refractivity contribution in [2.75, 3.05) is 0 Å². The number of ether oxygens (including phenoxy) is 2. The number of phenols is 1. The molecule has 0 aliphatic rings. The zero-order valence-corrected chi connectivity index (χ0v) is 43.0. The summed E-state index contributed by atoms with van der Waals surface area (Å²) in [4.78, 5) is -0.795. The van der Waals surface area contributed by atoms with Crippen molar-refractivity contribution in [3.05, 3.63) is 96.1 Å². The molecule has 10 nitrogen and oxygen atoms in total. The van der Waals surface area contributed by atoms with Crippen molar-refractivity contribution in [1.82, 2.24) is 0 Å². The average Bonchev–Trinajstić information content (AvgIpc) is 3.26. The minimum Gasteiger partial charge on any atom is -0.870 e. The van der Waals surface area contributed by atoms with Crippen LogP contribution >= 0.6 is 0 Å². The van der Waals surface area contributed by atoms with Gasteiger partial charge in [0.15, 0.2) is 11.5 Å². The van der Waals surface area contributed by atoms with Gasteiger partial charge in [0, 0.05) is 0 Å². The topological polar surface area (TPSA) is 173 Å². The molecule has 0 saturated heterocycles. The molecule has 4 rings (SSSR count). The van der Waals surface area contributed by atoms with Gasteiger partial charge in [0.1, 0.15) is 32.3 Å². The number of hydrogen-bond acceptors (Lipinski definition) is 9. The molecular formula is C52H74CaO10S2. The van der Waals surface area contributed by atoms with E-state index >= 15 is 0 Å². The van der Waals surface area contributed by atoms with E-state index in [9.17, 15) is 36.2 Å². The van der Waals surface area contributed by atoms with Crippen LogP contribution in [0.3, 0.4) is 0 Å². The van der Waals surface area contributed by atoms with Gasteiger partial charge in [0.2, 0.25) is 0 Å². The van der Waals surface area contributed by atoms with Crippen molar-refractivity contribution in [3.63, 3.8) is 0 Å². The van der Waals surface area contributed by atoms with Crippen molar-refractivity contribution in [1.29, 1.82) is 0 Å². The molecule has 356 valence electrons. The molecule has 0 saturated carbocycles. The number of hydrogen-bond donors (Lipinski definition) is 2. The smallest absolute Gasteiger partial charge is 0.870 e. The minimum absolute atomic E-state index is 0. The zero-order chi connectivity index (χ0) is 46.5. The maximum atomic E-state index is 12.7. The molecule has 4 aromatic rings. The van der Waals surface area contributed by atoms with Crippen molar-refractivity contribution >= 4 is 58.0 Å². The Balaban J connectivity index is 0.000000440. The van der Waals surface area contributed by atoms with Crippen LogP contribution in [-0.2, 0) is 33.1 Å².